The molecule has 0 fully saturated rings. The molecule has 1 aliphatic rings. The van der Waals surface area contributed by atoms with Crippen LogP contribution in [-0.2, 0) is 28.6 Å². The number of rotatable bonds is 3. The molecule has 6 heteroatoms. The van der Waals surface area contributed by atoms with E-state index in [1.54, 1.807) is 0 Å². The first-order valence-electron chi connectivity index (χ1n) is 4.67. The van der Waals surface area contributed by atoms with Crippen molar-refractivity contribution in [2.75, 3.05) is 6.61 Å². The minimum Gasteiger partial charge on any atom is -0.463 e. The maximum atomic E-state index is 11.3. The number of ketones is 1. The summed E-state index contributed by atoms with van der Waals surface area (Å²) in [7, 11) is 0. The third-order valence-electron chi connectivity index (χ3n) is 1.75. The van der Waals surface area contributed by atoms with Gasteiger partial charge < -0.3 is 14.2 Å². The Morgan fingerprint density at radius 1 is 1.38 bits per heavy atom. The molecule has 6 nitrogen and oxygen atoms in total. The third kappa shape index (κ3) is 3.82. The maximum absolute atomic E-state index is 11.3. The van der Waals surface area contributed by atoms with Gasteiger partial charge in [0.2, 0.25) is 6.29 Å². The topological polar surface area (TPSA) is 78.9 Å². The molecule has 2 unspecified atom stereocenters. The second-order valence-electron chi connectivity index (χ2n) is 3.17. The van der Waals surface area contributed by atoms with Crippen LogP contribution in [0.3, 0.4) is 0 Å². The van der Waals surface area contributed by atoms with Crippen molar-refractivity contribution in [2.24, 2.45) is 0 Å². The first-order chi connectivity index (χ1) is 7.49. The molecule has 2 atom stereocenters. The summed E-state index contributed by atoms with van der Waals surface area (Å²) < 4.78 is 14.5. The molecular weight excluding hydrogens is 216 g/mol. The standard InChI is InChI=1S/C10H12O6/c1-6(11)14-5-9-8(13)3-4-10(16-9)15-7(2)12/h3-4,9-10H,5H2,1-2H3. The predicted molar refractivity (Wildman–Crippen MR) is 51.2 cm³/mol. The van der Waals surface area contributed by atoms with Gasteiger partial charge in [-0.1, -0.05) is 0 Å². The molecule has 88 valence electrons. The predicted octanol–water partition coefficient (Wildman–Crippen LogP) is -0.0372. The Bertz CT molecular complexity index is 332. The van der Waals surface area contributed by atoms with Crippen molar-refractivity contribution in [3.05, 3.63) is 12.2 Å². The number of hydrogen-bond acceptors (Lipinski definition) is 6. The number of ether oxygens (including phenoxy) is 3. The van der Waals surface area contributed by atoms with E-state index in [0.717, 1.165) is 0 Å². The van der Waals surface area contributed by atoms with Crippen molar-refractivity contribution in [3.63, 3.8) is 0 Å². The molecule has 0 aliphatic carbocycles. The van der Waals surface area contributed by atoms with Crippen molar-refractivity contribution in [1.82, 2.24) is 0 Å². The lowest BCUT2D eigenvalue weighted by Crippen LogP contribution is -2.37. The molecule has 1 heterocycles. The lowest BCUT2D eigenvalue weighted by atomic mass is 10.2. The summed E-state index contributed by atoms with van der Waals surface area (Å²) in [4.78, 5) is 32.5. The number of carbonyl (C=O) groups is 3. The number of hydrogen-bond donors (Lipinski definition) is 0. The maximum Gasteiger partial charge on any atom is 0.305 e. The zero-order valence-electron chi connectivity index (χ0n) is 8.97. The minimum atomic E-state index is -0.918. The lowest BCUT2D eigenvalue weighted by Gasteiger charge is -2.23. The Balaban J connectivity index is 2.52. The highest BCUT2D eigenvalue weighted by molar-refractivity contribution is 5.94. The van der Waals surface area contributed by atoms with Crippen molar-refractivity contribution in [2.45, 2.75) is 26.2 Å². The summed E-state index contributed by atoms with van der Waals surface area (Å²) in [5, 5.41) is 0. The van der Waals surface area contributed by atoms with E-state index in [4.69, 9.17) is 9.47 Å². The zero-order valence-corrected chi connectivity index (χ0v) is 8.97. The van der Waals surface area contributed by atoms with Crippen LogP contribution in [0.1, 0.15) is 13.8 Å². The van der Waals surface area contributed by atoms with E-state index >= 15 is 0 Å². The van der Waals surface area contributed by atoms with Gasteiger partial charge in [0.15, 0.2) is 11.9 Å². The van der Waals surface area contributed by atoms with Crippen molar-refractivity contribution < 1.29 is 28.6 Å². The summed E-state index contributed by atoms with van der Waals surface area (Å²) in [5.41, 5.74) is 0. The van der Waals surface area contributed by atoms with E-state index in [-0.39, 0.29) is 12.4 Å². The highest BCUT2D eigenvalue weighted by Crippen LogP contribution is 2.11. The van der Waals surface area contributed by atoms with Crippen LogP contribution < -0.4 is 0 Å². The van der Waals surface area contributed by atoms with Crippen molar-refractivity contribution in [3.8, 4) is 0 Å². The molecule has 0 aromatic rings. The molecule has 0 N–H and O–H groups in total. The van der Waals surface area contributed by atoms with Crippen molar-refractivity contribution in [1.29, 1.82) is 0 Å². The van der Waals surface area contributed by atoms with Crippen LogP contribution in [-0.4, -0.2) is 36.7 Å². The summed E-state index contributed by atoms with van der Waals surface area (Å²) in [6.07, 6.45) is 0.744. The minimum absolute atomic E-state index is 0.184. The SMILES string of the molecule is CC(=O)OCC1OC(OC(C)=O)C=CC1=O. The molecule has 0 bridgehead atoms. The van der Waals surface area contributed by atoms with Gasteiger partial charge >= 0.3 is 11.9 Å². The van der Waals surface area contributed by atoms with E-state index in [1.165, 1.54) is 26.0 Å². The second-order valence-corrected chi connectivity index (χ2v) is 3.17. The summed E-state index contributed by atoms with van der Waals surface area (Å²) in [6.45, 7) is 2.28. The second kappa shape index (κ2) is 5.41. The van der Waals surface area contributed by atoms with Crippen LogP contribution in [0.25, 0.3) is 0 Å². The largest absolute Gasteiger partial charge is 0.463 e. The van der Waals surface area contributed by atoms with E-state index in [2.05, 4.69) is 4.74 Å². The highest BCUT2D eigenvalue weighted by Gasteiger charge is 2.27. The molecular formula is C10H12O6. The summed E-state index contributed by atoms with van der Waals surface area (Å²) in [5.74, 6) is -1.35. The third-order valence-corrected chi connectivity index (χ3v) is 1.75. The van der Waals surface area contributed by atoms with Crippen LogP contribution in [0, 0.1) is 0 Å². The average molecular weight is 228 g/mol. The molecule has 0 aromatic heterocycles. The molecule has 1 aliphatic heterocycles. The Hall–Kier alpha value is -1.69. The molecule has 16 heavy (non-hydrogen) atoms. The van der Waals surface area contributed by atoms with Crippen LogP contribution >= 0.6 is 0 Å². The Labute approximate surface area is 92.2 Å². The number of carbonyl (C=O) groups excluding carboxylic acids is 3. The summed E-state index contributed by atoms with van der Waals surface area (Å²) in [6, 6.07) is 0. The van der Waals surface area contributed by atoms with Crippen molar-refractivity contribution >= 4 is 17.7 Å². The fourth-order valence-corrected chi connectivity index (χ4v) is 1.10. The fourth-order valence-electron chi connectivity index (χ4n) is 1.10. The van der Waals surface area contributed by atoms with Gasteiger partial charge in [-0.25, -0.2) is 0 Å². The van der Waals surface area contributed by atoms with Gasteiger partial charge in [-0.2, -0.15) is 0 Å². The van der Waals surface area contributed by atoms with Gasteiger partial charge in [0.25, 0.3) is 0 Å². The normalized spacial score (nSPS) is 24.0. The van der Waals surface area contributed by atoms with Gasteiger partial charge in [-0.3, -0.25) is 14.4 Å². The molecule has 0 amide bonds. The van der Waals surface area contributed by atoms with Gasteiger partial charge in [0, 0.05) is 13.8 Å². The number of esters is 2. The van der Waals surface area contributed by atoms with Crippen LogP contribution in [0.4, 0.5) is 0 Å². The molecule has 0 aromatic carbocycles. The highest BCUT2D eigenvalue weighted by atomic mass is 16.7. The fraction of sp³-hybridized carbons (Fsp3) is 0.500. The van der Waals surface area contributed by atoms with Gasteiger partial charge in [-0.15, -0.1) is 0 Å². The first-order valence-corrected chi connectivity index (χ1v) is 4.67. The molecule has 0 saturated heterocycles. The molecule has 0 saturated carbocycles. The van der Waals surface area contributed by atoms with Crippen LogP contribution in [0.2, 0.25) is 0 Å². The average Bonchev–Trinajstić information content (AvgIpc) is 2.18. The van der Waals surface area contributed by atoms with E-state index < -0.39 is 24.3 Å². The van der Waals surface area contributed by atoms with Gasteiger partial charge in [0.1, 0.15) is 6.61 Å². The Kier molecular flexibility index (Phi) is 4.19. The van der Waals surface area contributed by atoms with E-state index in [9.17, 15) is 14.4 Å². The zero-order chi connectivity index (χ0) is 12.1. The molecule has 1 rings (SSSR count). The van der Waals surface area contributed by atoms with E-state index in [1.807, 2.05) is 0 Å². The van der Waals surface area contributed by atoms with E-state index in [0.29, 0.717) is 0 Å². The van der Waals surface area contributed by atoms with Crippen LogP contribution in [0.5, 0.6) is 0 Å². The molecule has 0 radical (unpaired) electrons. The van der Waals surface area contributed by atoms with Crippen LogP contribution in [0.15, 0.2) is 12.2 Å². The monoisotopic (exact) mass is 228 g/mol. The molecule has 0 spiro atoms. The first kappa shape index (κ1) is 12.4. The Morgan fingerprint density at radius 3 is 2.62 bits per heavy atom. The quantitative estimate of drug-likeness (QED) is 0.631. The van der Waals surface area contributed by atoms with Gasteiger partial charge in [0.05, 0.1) is 0 Å². The Morgan fingerprint density at radius 2 is 2.06 bits per heavy atom. The van der Waals surface area contributed by atoms with Gasteiger partial charge in [-0.05, 0) is 12.2 Å². The smallest absolute Gasteiger partial charge is 0.305 e. The summed E-state index contributed by atoms with van der Waals surface area (Å²) >= 11 is 0. The lowest BCUT2D eigenvalue weighted by molar-refractivity contribution is -0.186.